The fourth-order valence-corrected chi connectivity index (χ4v) is 2.39. The average Bonchev–Trinajstić information content (AvgIpc) is 2.76. The van der Waals surface area contributed by atoms with Gasteiger partial charge in [-0.3, -0.25) is 14.4 Å². The summed E-state index contributed by atoms with van der Waals surface area (Å²) in [6.07, 6.45) is 3.99. The van der Waals surface area contributed by atoms with Crippen LogP contribution in [-0.4, -0.2) is 45.8 Å². The Morgan fingerprint density at radius 2 is 2.33 bits per heavy atom. The molecule has 0 spiro atoms. The summed E-state index contributed by atoms with van der Waals surface area (Å²) in [5, 5.41) is 7.20. The molecule has 1 aliphatic rings. The first-order valence-corrected chi connectivity index (χ1v) is 6.61. The van der Waals surface area contributed by atoms with E-state index in [0.29, 0.717) is 11.7 Å². The summed E-state index contributed by atoms with van der Waals surface area (Å²) < 4.78 is 1.65. The number of aromatic nitrogens is 2. The van der Waals surface area contributed by atoms with E-state index in [4.69, 9.17) is 0 Å². The maximum atomic E-state index is 12.0. The van der Waals surface area contributed by atoms with Gasteiger partial charge in [-0.1, -0.05) is 0 Å². The Kier molecular flexibility index (Phi) is 4.01. The molecule has 1 aromatic heterocycles. The van der Waals surface area contributed by atoms with E-state index in [-0.39, 0.29) is 11.9 Å². The molecule has 0 aliphatic carbocycles. The summed E-state index contributed by atoms with van der Waals surface area (Å²) >= 11 is 0. The van der Waals surface area contributed by atoms with Crippen molar-refractivity contribution >= 4 is 5.91 Å². The third-order valence-corrected chi connectivity index (χ3v) is 3.46. The van der Waals surface area contributed by atoms with Crippen molar-refractivity contribution in [1.82, 2.24) is 20.0 Å². The van der Waals surface area contributed by atoms with Crippen molar-refractivity contribution in [2.24, 2.45) is 7.05 Å². The highest BCUT2D eigenvalue weighted by Crippen LogP contribution is 2.13. The number of nitrogens with one attached hydrogen (secondary N) is 1. The molecule has 2 heterocycles. The predicted molar refractivity (Wildman–Crippen MR) is 70.4 cm³/mol. The van der Waals surface area contributed by atoms with Crippen molar-refractivity contribution in [2.45, 2.75) is 38.8 Å². The van der Waals surface area contributed by atoms with Crippen LogP contribution in [0.2, 0.25) is 0 Å². The zero-order chi connectivity index (χ0) is 13.1. The molecule has 1 amide bonds. The lowest BCUT2D eigenvalue weighted by molar-refractivity contribution is 0.0881. The topological polar surface area (TPSA) is 50.2 Å². The van der Waals surface area contributed by atoms with E-state index >= 15 is 0 Å². The van der Waals surface area contributed by atoms with Gasteiger partial charge < -0.3 is 5.32 Å². The van der Waals surface area contributed by atoms with Gasteiger partial charge in [-0.15, -0.1) is 0 Å². The molecular formula is C13H22N4O. The first-order valence-electron chi connectivity index (χ1n) is 6.61. The van der Waals surface area contributed by atoms with E-state index in [2.05, 4.69) is 29.2 Å². The number of nitrogens with zero attached hydrogens (tertiary/aromatic N) is 3. The van der Waals surface area contributed by atoms with Gasteiger partial charge in [-0.25, -0.2) is 0 Å². The monoisotopic (exact) mass is 250 g/mol. The van der Waals surface area contributed by atoms with Crippen molar-refractivity contribution in [3.8, 4) is 0 Å². The van der Waals surface area contributed by atoms with Gasteiger partial charge in [0.05, 0.1) is 0 Å². The van der Waals surface area contributed by atoms with E-state index in [1.165, 1.54) is 0 Å². The molecule has 5 nitrogen and oxygen atoms in total. The molecule has 1 saturated heterocycles. The standard InChI is InChI=1S/C13H22N4O/c1-10(2)17-7-4-5-11(9-17)14-13(18)12-6-8-16(3)15-12/h6,8,10-11H,4-5,7,9H2,1-3H3,(H,14,18). The summed E-state index contributed by atoms with van der Waals surface area (Å²) in [6, 6.07) is 2.54. The van der Waals surface area contributed by atoms with Crippen molar-refractivity contribution in [1.29, 1.82) is 0 Å². The highest BCUT2D eigenvalue weighted by atomic mass is 16.2. The fourth-order valence-electron chi connectivity index (χ4n) is 2.39. The maximum Gasteiger partial charge on any atom is 0.272 e. The van der Waals surface area contributed by atoms with Gasteiger partial charge in [-0.2, -0.15) is 5.10 Å². The Balaban J connectivity index is 1.91. The van der Waals surface area contributed by atoms with Crippen LogP contribution in [0.5, 0.6) is 0 Å². The number of hydrogen-bond donors (Lipinski definition) is 1. The molecule has 18 heavy (non-hydrogen) atoms. The second-order valence-corrected chi connectivity index (χ2v) is 5.28. The quantitative estimate of drug-likeness (QED) is 0.871. The van der Waals surface area contributed by atoms with Gasteiger partial charge in [0.2, 0.25) is 0 Å². The second kappa shape index (κ2) is 5.52. The van der Waals surface area contributed by atoms with Crippen LogP contribution in [0.1, 0.15) is 37.2 Å². The molecule has 1 aromatic rings. The van der Waals surface area contributed by atoms with Crippen LogP contribution in [-0.2, 0) is 7.05 Å². The number of carbonyl (C=O) groups excluding carboxylic acids is 1. The number of aryl methyl sites for hydroxylation is 1. The predicted octanol–water partition coefficient (Wildman–Crippen LogP) is 1.02. The first-order chi connectivity index (χ1) is 8.56. The third-order valence-electron chi connectivity index (χ3n) is 3.46. The zero-order valence-corrected chi connectivity index (χ0v) is 11.4. The first kappa shape index (κ1) is 13.1. The molecule has 0 bridgehead atoms. The minimum Gasteiger partial charge on any atom is -0.347 e. The number of piperidine rings is 1. The average molecular weight is 250 g/mol. The van der Waals surface area contributed by atoms with Crippen LogP contribution in [0.15, 0.2) is 12.3 Å². The molecule has 0 aromatic carbocycles. The number of rotatable bonds is 3. The van der Waals surface area contributed by atoms with Gasteiger partial charge in [0.25, 0.3) is 5.91 Å². The Bertz CT molecular complexity index is 413. The maximum absolute atomic E-state index is 12.0. The lowest BCUT2D eigenvalue weighted by Gasteiger charge is -2.35. The van der Waals surface area contributed by atoms with Crippen molar-refractivity contribution in [3.05, 3.63) is 18.0 Å². The summed E-state index contributed by atoms with van der Waals surface area (Å²) in [7, 11) is 1.82. The summed E-state index contributed by atoms with van der Waals surface area (Å²) in [5.74, 6) is -0.0637. The van der Waals surface area contributed by atoms with Crippen LogP contribution in [0.4, 0.5) is 0 Å². The van der Waals surface area contributed by atoms with Gasteiger partial charge in [0.15, 0.2) is 0 Å². The Labute approximate surface area is 108 Å². The molecule has 5 heteroatoms. The van der Waals surface area contributed by atoms with Crippen LogP contribution >= 0.6 is 0 Å². The molecule has 1 fully saturated rings. The second-order valence-electron chi connectivity index (χ2n) is 5.28. The number of likely N-dealkylation sites (tertiary alicyclic amines) is 1. The highest BCUT2D eigenvalue weighted by Gasteiger charge is 2.23. The van der Waals surface area contributed by atoms with Crippen molar-refractivity contribution in [3.63, 3.8) is 0 Å². The summed E-state index contributed by atoms with van der Waals surface area (Å²) in [5.41, 5.74) is 0.499. The summed E-state index contributed by atoms with van der Waals surface area (Å²) in [6.45, 7) is 6.47. The van der Waals surface area contributed by atoms with Crippen molar-refractivity contribution < 1.29 is 4.79 Å². The molecule has 0 radical (unpaired) electrons. The Morgan fingerprint density at radius 1 is 1.56 bits per heavy atom. The molecule has 0 saturated carbocycles. The zero-order valence-electron chi connectivity index (χ0n) is 11.4. The minimum atomic E-state index is -0.0637. The van der Waals surface area contributed by atoms with Crippen LogP contribution in [0, 0.1) is 0 Å². The van der Waals surface area contributed by atoms with Gasteiger partial charge in [0.1, 0.15) is 5.69 Å². The van der Waals surface area contributed by atoms with Gasteiger partial charge in [0, 0.05) is 31.9 Å². The molecule has 2 rings (SSSR count). The minimum absolute atomic E-state index is 0.0637. The highest BCUT2D eigenvalue weighted by molar-refractivity contribution is 5.92. The van der Waals surface area contributed by atoms with Gasteiger partial charge in [-0.05, 0) is 39.3 Å². The molecule has 1 atom stereocenters. The van der Waals surface area contributed by atoms with Crippen molar-refractivity contribution in [2.75, 3.05) is 13.1 Å². The molecule has 1 N–H and O–H groups in total. The summed E-state index contributed by atoms with van der Waals surface area (Å²) in [4.78, 5) is 14.4. The third kappa shape index (κ3) is 3.10. The smallest absolute Gasteiger partial charge is 0.272 e. The van der Waals surface area contributed by atoms with E-state index in [0.717, 1.165) is 25.9 Å². The lowest BCUT2D eigenvalue weighted by atomic mass is 10.0. The van der Waals surface area contributed by atoms with E-state index in [1.54, 1.807) is 16.9 Å². The number of amides is 1. The molecule has 100 valence electrons. The Morgan fingerprint density at radius 3 is 2.94 bits per heavy atom. The van der Waals surface area contributed by atoms with Gasteiger partial charge >= 0.3 is 0 Å². The molecule has 1 unspecified atom stereocenters. The van der Waals surface area contributed by atoms with E-state index < -0.39 is 0 Å². The Hall–Kier alpha value is -1.36. The molecule has 1 aliphatic heterocycles. The lowest BCUT2D eigenvalue weighted by Crippen LogP contribution is -2.49. The number of hydrogen-bond acceptors (Lipinski definition) is 3. The molecular weight excluding hydrogens is 228 g/mol. The largest absolute Gasteiger partial charge is 0.347 e. The van der Waals surface area contributed by atoms with E-state index in [1.807, 2.05) is 7.05 Å². The SMILES string of the molecule is CC(C)N1CCCC(NC(=O)c2ccn(C)n2)C1. The van der Waals surface area contributed by atoms with Crippen LogP contribution in [0.25, 0.3) is 0 Å². The number of carbonyl (C=O) groups is 1. The normalized spacial score (nSPS) is 21.2. The van der Waals surface area contributed by atoms with Crippen LogP contribution < -0.4 is 5.32 Å². The van der Waals surface area contributed by atoms with E-state index in [9.17, 15) is 4.79 Å². The van der Waals surface area contributed by atoms with Crippen LogP contribution in [0.3, 0.4) is 0 Å². The fraction of sp³-hybridized carbons (Fsp3) is 0.692.